The SMILES string of the molecule is CC=C(C)C(=O)OC1(C)C(=O)OC2C1CCC1(C)C(O)CC=C(C)C21. The quantitative estimate of drug-likeness (QED) is 0.472. The fourth-order valence-corrected chi connectivity index (χ4v) is 4.88. The van der Waals surface area contributed by atoms with Gasteiger partial charge in [-0.05, 0) is 47.0 Å². The van der Waals surface area contributed by atoms with Gasteiger partial charge in [0.2, 0.25) is 5.60 Å². The van der Waals surface area contributed by atoms with Crippen LogP contribution in [0.3, 0.4) is 0 Å². The normalized spacial score (nSPS) is 43.7. The number of aliphatic hydroxyl groups excluding tert-OH is 1. The van der Waals surface area contributed by atoms with Crippen LogP contribution < -0.4 is 0 Å². The van der Waals surface area contributed by atoms with Crippen molar-refractivity contribution < 1.29 is 24.2 Å². The third-order valence-electron chi connectivity index (χ3n) is 6.76. The Kier molecular flexibility index (Phi) is 4.34. The standard InChI is InChI=1S/C20H28O5/c1-6-11(2)17(22)25-20(5)13-9-10-19(4)14(21)8-7-12(3)15(19)16(13)24-18(20)23/h6-7,13-16,21H,8-10H2,1-5H3. The van der Waals surface area contributed by atoms with E-state index in [4.69, 9.17) is 9.47 Å². The molecule has 3 aliphatic rings. The smallest absolute Gasteiger partial charge is 0.351 e. The molecule has 0 amide bonds. The first-order chi connectivity index (χ1) is 11.6. The fraction of sp³-hybridized carbons (Fsp3) is 0.700. The molecule has 1 aliphatic heterocycles. The van der Waals surface area contributed by atoms with E-state index < -0.39 is 23.6 Å². The lowest BCUT2D eigenvalue weighted by Gasteiger charge is -2.52. The number of carbonyl (C=O) groups excluding carboxylic acids is 2. The van der Waals surface area contributed by atoms with Crippen LogP contribution in [0, 0.1) is 17.3 Å². The maximum Gasteiger partial charge on any atom is 0.351 e. The molecule has 0 bridgehead atoms. The molecule has 0 aromatic rings. The van der Waals surface area contributed by atoms with Gasteiger partial charge in [0, 0.05) is 22.8 Å². The van der Waals surface area contributed by atoms with Crippen molar-refractivity contribution >= 4 is 11.9 Å². The summed E-state index contributed by atoms with van der Waals surface area (Å²) < 4.78 is 11.4. The van der Waals surface area contributed by atoms with E-state index in [-0.39, 0.29) is 23.4 Å². The Morgan fingerprint density at radius 3 is 2.76 bits per heavy atom. The molecule has 5 nitrogen and oxygen atoms in total. The molecular formula is C20H28O5. The molecule has 2 fully saturated rings. The average Bonchev–Trinajstić information content (AvgIpc) is 2.80. The Morgan fingerprint density at radius 1 is 1.44 bits per heavy atom. The fourth-order valence-electron chi connectivity index (χ4n) is 4.88. The summed E-state index contributed by atoms with van der Waals surface area (Å²) in [6, 6.07) is 0. The lowest BCUT2D eigenvalue weighted by Crippen LogP contribution is -2.55. The summed E-state index contributed by atoms with van der Waals surface area (Å²) in [7, 11) is 0. The van der Waals surface area contributed by atoms with Gasteiger partial charge in [-0.2, -0.15) is 0 Å². The molecule has 138 valence electrons. The molecule has 0 radical (unpaired) electrons. The van der Waals surface area contributed by atoms with Crippen LogP contribution >= 0.6 is 0 Å². The van der Waals surface area contributed by atoms with Gasteiger partial charge < -0.3 is 14.6 Å². The Bertz CT molecular complexity index is 663. The van der Waals surface area contributed by atoms with Crippen molar-refractivity contribution in [2.24, 2.45) is 17.3 Å². The maximum atomic E-state index is 12.7. The summed E-state index contributed by atoms with van der Waals surface area (Å²) >= 11 is 0. The topological polar surface area (TPSA) is 72.8 Å². The van der Waals surface area contributed by atoms with Gasteiger partial charge in [0.05, 0.1) is 6.10 Å². The van der Waals surface area contributed by atoms with Gasteiger partial charge in [-0.1, -0.05) is 24.6 Å². The largest absolute Gasteiger partial charge is 0.458 e. The van der Waals surface area contributed by atoms with Crippen molar-refractivity contribution in [3.8, 4) is 0 Å². The molecule has 0 aromatic heterocycles. The molecule has 1 saturated carbocycles. The lowest BCUT2D eigenvalue weighted by atomic mass is 9.54. The summed E-state index contributed by atoms with van der Waals surface area (Å²) in [5.74, 6) is -1.19. The summed E-state index contributed by atoms with van der Waals surface area (Å²) in [6.45, 7) is 9.22. The summed E-state index contributed by atoms with van der Waals surface area (Å²) in [5.41, 5.74) is 0.0444. The van der Waals surface area contributed by atoms with Gasteiger partial charge in [0.25, 0.3) is 0 Å². The third-order valence-corrected chi connectivity index (χ3v) is 6.76. The van der Waals surface area contributed by atoms with Crippen molar-refractivity contribution in [3.63, 3.8) is 0 Å². The molecule has 3 rings (SSSR count). The van der Waals surface area contributed by atoms with Gasteiger partial charge in [-0.25, -0.2) is 9.59 Å². The minimum Gasteiger partial charge on any atom is -0.458 e. The molecule has 1 N–H and O–H groups in total. The number of rotatable bonds is 2. The van der Waals surface area contributed by atoms with Crippen LogP contribution in [0.15, 0.2) is 23.3 Å². The molecular weight excluding hydrogens is 320 g/mol. The van der Waals surface area contributed by atoms with Gasteiger partial charge in [0.1, 0.15) is 6.10 Å². The summed E-state index contributed by atoms with van der Waals surface area (Å²) in [5, 5.41) is 10.6. The minimum atomic E-state index is -1.27. The highest BCUT2D eigenvalue weighted by Crippen LogP contribution is 2.57. The number of allylic oxidation sites excluding steroid dienone is 1. The van der Waals surface area contributed by atoms with Gasteiger partial charge in [-0.3, -0.25) is 0 Å². The second-order valence-corrected chi connectivity index (χ2v) is 8.17. The Hall–Kier alpha value is -1.62. The molecule has 0 spiro atoms. The molecule has 1 saturated heterocycles. The Balaban J connectivity index is 1.94. The molecule has 0 aromatic carbocycles. The number of carbonyl (C=O) groups is 2. The van der Waals surface area contributed by atoms with Crippen LogP contribution in [0.1, 0.15) is 53.9 Å². The molecule has 2 aliphatic carbocycles. The van der Waals surface area contributed by atoms with E-state index in [9.17, 15) is 14.7 Å². The van der Waals surface area contributed by atoms with Crippen LogP contribution in [-0.4, -0.2) is 34.9 Å². The van der Waals surface area contributed by atoms with E-state index in [2.05, 4.69) is 6.92 Å². The van der Waals surface area contributed by atoms with E-state index in [1.807, 2.05) is 13.0 Å². The van der Waals surface area contributed by atoms with E-state index in [1.165, 1.54) is 0 Å². The number of hydrogen-bond donors (Lipinski definition) is 1. The highest BCUT2D eigenvalue weighted by atomic mass is 16.6. The van der Waals surface area contributed by atoms with Crippen LogP contribution in [-0.2, 0) is 19.1 Å². The minimum absolute atomic E-state index is 0.0395. The van der Waals surface area contributed by atoms with Crippen molar-refractivity contribution in [2.75, 3.05) is 0 Å². The zero-order valence-electron chi connectivity index (χ0n) is 15.7. The zero-order valence-corrected chi connectivity index (χ0v) is 15.7. The van der Waals surface area contributed by atoms with Gasteiger partial charge in [0.15, 0.2) is 0 Å². The van der Waals surface area contributed by atoms with Crippen molar-refractivity contribution in [1.29, 1.82) is 0 Å². The number of ether oxygens (including phenoxy) is 2. The molecule has 25 heavy (non-hydrogen) atoms. The van der Waals surface area contributed by atoms with Crippen LogP contribution in [0.2, 0.25) is 0 Å². The third kappa shape index (κ3) is 2.55. The summed E-state index contributed by atoms with van der Waals surface area (Å²) in [6.07, 6.45) is 5.01. The van der Waals surface area contributed by atoms with Crippen LogP contribution in [0.25, 0.3) is 0 Å². The zero-order chi connectivity index (χ0) is 18.6. The first-order valence-electron chi connectivity index (χ1n) is 9.07. The van der Waals surface area contributed by atoms with Gasteiger partial charge in [-0.15, -0.1) is 0 Å². The van der Waals surface area contributed by atoms with Crippen molar-refractivity contribution in [3.05, 3.63) is 23.3 Å². The number of aliphatic hydroxyl groups is 1. The van der Waals surface area contributed by atoms with Crippen LogP contribution in [0.5, 0.6) is 0 Å². The first-order valence-corrected chi connectivity index (χ1v) is 9.07. The second-order valence-electron chi connectivity index (χ2n) is 8.17. The number of esters is 2. The molecule has 5 heteroatoms. The Labute approximate surface area is 149 Å². The van der Waals surface area contributed by atoms with Crippen molar-refractivity contribution in [2.45, 2.75) is 71.7 Å². The highest BCUT2D eigenvalue weighted by Gasteiger charge is 2.65. The van der Waals surface area contributed by atoms with E-state index >= 15 is 0 Å². The number of hydrogen-bond acceptors (Lipinski definition) is 5. The molecule has 1 heterocycles. The Morgan fingerprint density at radius 2 is 2.12 bits per heavy atom. The number of fused-ring (bicyclic) bond motifs is 3. The van der Waals surface area contributed by atoms with E-state index in [1.54, 1.807) is 26.8 Å². The van der Waals surface area contributed by atoms with E-state index in [0.717, 1.165) is 12.0 Å². The van der Waals surface area contributed by atoms with Crippen LogP contribution in [0.4, 0.5) is 0 Å². The maximum absolute atomic E-state index is 12.7. The first kappa shape index (κ1) is 18.2. The predicted octanol–water partition coefficient (Wildman–Crippen LogP) is 2.92. The van der Waals surface area contributed by atoms with E-state index in [0.29, 0.717) is 18.4 Å². The second kappa shape index (κ2) is 5.97. The molecule has 6 atom stereocenters. The van der Waals surface area contributed by atoms with Gasteiger partial charge >= 0.3 is 11.9 Å². The van der Waals surface area contributed by atoms with Crippen molar-refractivity contribution in [1.82, 2.24) is 0 Å². The monoisotopic (exact) mass is 348 g/mol. The highest BCUT2D eigenvalue weighted by molar-refractivity contribution is 5.92. The molecule has 6 unspecified atom stereocenters. The lowest BCUT2D eigenvalue weighted by molar-refractivity contribution is -0.170. The predicted molar refractivity (Wildman–Crippen MR) is 92.5 cm³/mol. The summed E-state index contributed by atoms with van der Waals surface area (Å²) in [4.78, 5) is 24.9. The average molecular weight is 348 g/mol.